The molecular weight excluding hydrogens is 246 g/mol. The molecule has 0 spiro atoms. The van der Waals surface area contributed by atoms with Crippen molar-refractivity contribution in [1.82, 2.24) is 9.38 Å². The third kappa shape index (κ3) is 1.64. The summed E-state index contributed by atoms with van der Waals surface area (Å²) >= 11 is 1.57. The number of benzene rings is 1. The fourth-order valence-corrected chi connectivity index (χ4v) is 2.90. The van der Waals surface area contributed by atoms with Crippen LogP contribution in [0.4, 0.5) is 5.82 Å². The van der Waals surface area contributed by atoms with Gasteiger partial charge in [-0.3, -0.25) is 4.40 Å². The molecule has 18 heavy (non-hydrogen) atoms. The van der Waals surface area contributed by atoms with Crippen LogP contribution in [0.1, 0.15) is 5.56 Å². The normalized spacial score (nSPS) is 11.0. The van der Waals surface area contributed by atoms with Gasteiger partial charge in [0.25, 0.3) is 0 Å². The maximum absolute atomic E-state index is 5.73. The van der Waals surface area contributed by atoms with Gasteiger partial charge in [-0.2, -0.15) is 0 Å². The van der Waals surface area contributed by atoms with Gasteiger partial charge in [0.2, 0.25) is 0 Å². The molecule has 2 aromatic heterocycles. The second kappa shape index (κ2) is 4.03. The van der Waals surface area contributed by atoms with Crippen molar-refractivity contribution in [3.8, 4) is 17.0 Å². The van der Waals surface area contributed by atoms with E-state index < -0.39 is 0 Å². The topological polar surface area (TPSA) is 52.5 Å². The molecular formula is C13H13N3OS. The lowest BCUT2D eigenvalue weighted by molar-refractivity contribution is 0.416. The lowest BCUT2D eigenvalue weighted by Crippen LogP contribution is -1.91. The van der Waals surface area contributed by atoms with Crippen LogP contribution in [-0.2, 0) is 0 Å². The van der Waals surface area contributed by atoms with Crippen LogP contribution in [0.15, 0.2) is 29.8 Å². The van der Waals surface area contributed by atoms with Gasteiger partial charge in [-0.15, -0.1) is 11.3 Å². The number of ether oxygens (including phenoxy) is 1. The second-order valence-electron chi connectivity index (χ2n) is 4.14. The molecule has 3 rings (SSSR count). The molecule has 0 saturated carbocycles. The molecule has 0 amide bonds. The van der Waals surface area contributed by atoms with Crippen LogP contribution in [0.3, 0.4) is 0 Å². The van der Waals surface area contributed by atoms with E-state index in [4.69, 9.17) is 10.5 Å². The average molecular weight is 259 g/mol. The van der Waals surface area contributed by atoms with Gasteiger partial charge in [0.15, 0.2) is 4.96 Å². The Labute approximate surface area is 109 Å². The fourth-order valence-electron chi connectivity index (χ4n) is 2.02. The molecule has 0 aliphatic heterocycles. The van der Waals surface area contributed by atoms with Crippen molar-refractivity contribution in [2.24, 2.45) is 0 Å². The summed E-state index contributed by atoms with van der Waals surface area (Å²) in [5.41, 5.74) is 9.03. The van der Waals surface area contributed by atoms with Crippen LogP contribution in [0.25, 0.3) is 16.2 Å². The first-order valence-corrected chi connectivity index (χ1v) is 6.44. The first-order chi connectivity index (χ1) is 8.69. The number of anilines is 1. The fraction of sp³-hybridized carbons (Fsp3) is 0.154. The predicted molar refractivity (Wildman–Crippen MR) is 74.2 cm³/mol. The van der Waals surface area contributed by atoms with Crippen molar-refractivity contribution < 1.29 is 4.74 Å². The molecule has 5 heteroatoms. The number of rotatable bonds is 2. The van der Waals surface area contributed by atoms with E-state index in [1.165, 1.54) is 5.56 Å². The van der Waals surface area contributed by atoms with Crippen LogP contribution in [-0.4, -0.2) is 16.5 Å². The van der Waals surface area contributed by atoms with Crippen LogP contribution >= 0.6 is 11.3 Å². The zero-order valence-corrected chi connectivity index (χ0v) is 11.0. The largest absolute Gasteiger partial charge is 0.496 e. The van der Waals surface area contributed by atoms with Gasteiger partial charge >= 0.3 is 0 Å². The molecule has 0 fully saturated rings. The zero-order valence-electron chi connectivity index (χ0n) is 10.2. The molecule has 0 bridgehead atoms. The van der Waals surface area contributed by atoms with Crippen molar-refractivity contribution in [1.29, 1.82) is 0 Å². The molecule has 0 radical (unpaired) electrons. The summed E-state index contributed by atoms with van der Waals surface area (Å²) in [7, 11) is 1.68. The summed E-state index contributed by atoms with van der Waals surface area (Å²) < 4.78 is 7.42. The molecule has 0 aliphatic carbocycles. The number of methoxy groups -OCH3 is 1. The summed E-state index contributed by atoms with van der Waals surface area (Å²) in [5, 5.41) is 2.07. The Kier molecular flexibility index (Phi) is 2.48. The summed E-state index contributed by atoms with van der Waals surface area (Å²) in [6.45, 7) is 2.06. The quantitative estimate of drug-likeness (QED) is 0.769. The molecule has 0 saturated heterocycles. The van der Waals surface area contributed by atoms with Gasteiger partial charge in [-0.25, -0.2) is 4.98 Å². The lowest BCUT2D eigenvalue weighted by atomic mass is 10.1. The Morgan fingerprint density at radius 1 is 1.39 bits per heavy atom. The van der Waals surface area contributed by atoms with Crippen molar-refractivity contribution in [3.63, 3.8) is 0 Å². The lowest BCUT2D eigenvalue weighted by Gasteiger charge is -2.08. The molecule has 0 aliphatic rings. The van der Waals surface area contributed by atoms with Gasteiger partial charge in [0.05, 0.1) is 19.0 Å². The zero-order chi connectivity index (χ0) is 12.7. The highest BCUT2D eigenvalue weighted by Crippen LogP contribution is 2.34. The Balaban J connectivity index is 2.27. The molecule has 4 nitrogen and oxygen atoms in total. The molecule has 92 valence electrons. The van der Waals surface area contributed by atoms with E-state index in [0.717, 1.165) is 22.0 Å². The van der Waals surface area contributed by atoms with E-state index in [9.17, 15) is 0 Å². The third-order valence-electron chi connectivity index (χ3n) is 2.86. The summed E-state index contributed by atoms with van der Waals surface area (Å²) in [6.07, 6.45) is 1.84. The molecule has 0 atom stereocenters. The second-order valence-corrected chi connectivity index (χ2v) is 4.98. The summed E-state index contributed by atoms with van der Waals surface area (Å²) in [4.78, 5) is 5.15. The number of nitrogen functional groups attached to an aromatic ring is 1. The van der Waals surface area contributed by atoms with Crippen LogP contribution < -0.4 is 10.5 Å². The van der Waals surface area contributed by atoms with Crippen LogP contribution in [0, 0.1) is 6.92 Å². The monoisotopic (exact) mass is 259 g/mol. The third-order valence-corrected chi connectivity index (χ3v) is 3.70. The smallest absolute Gasteiger partial charge is 0.196 e. The average Bonchev–Trinajstić information content (AvgIpc) is 2.87. The van der Waals surface area contributed by atoms with E-state index in [-0.39, 0.29) is 0 Å². The van der Waals surface area contributed by atoms with Crippen molar-refractivity contribution in [2.45, 2.75) is 6.92 Å². The molecule has 2 heterocycles. The number of thiazole rings is 1. The number of aromatic nitrogens is 2. The number of imidazole rings is 1. The SMILES string of the molecule is COc1ccc(C)cc1-c1csc2nc(N)cn12. The number of hydrogen-bond donors (Lipinski definition) is 1. The number of nitrogens with zero attached hydrogens (tertiary/aromatic N) is 2. The standard InChI is InChI=1S/C13H13N3OS/c1-8-3-4-11(17-2)9(5-8)10-7-18-13-15-12(14)6-16(10)13/h3-7H,14H2,1-2H3. The van der Waals surface area contributed by atoms with Crippen molar-refractivity contribution >= 4 is 22.1 Å². The molecule has 2 N–H and O–H groups in total. The Bertz CT molecular complexity index is 714. The van der Waals surface area contributed by atoms with E-state index in [1.54, 1.807) is 18.4 Å². The Morgan fingerprint density at radius 2 is 2.22 bits per heavy atom. The van der Waals surface area contributed by atoms with Crippen molar-refractivity contribution in [3.05, 3.63) is 35.3 Å². The Hall–Kier alpha value is -2.01. The van der Waals surface area contributed by atoms with E-state index in [2.05, 4.69) is 23.4 Å². The molecule has 3 aromatic rings. The first kappa shape index (κ1) is 11.1. The summed E-state index contributed by atoms with van der Waals surface area (Å²) in [5.74, 6) is 1.39. The minimum Gasteiger partial charge on any atom is -0.496 e. The van der Waals surface area contributed by atoms with E-state index in [0.29, 0.717) is 5.82 Å². The maximum atomic E-state index is 5.73. The Morgan fingerprint density at radius 3 is 3.00 bits per heavy atom. The van der Waals surface area contributed by atoms with Gasteiger partial charge in [-0.05, 0) is 19.1 Å². The highest BCUT2D eigenvalue weighted by molar-refractivity contribution is 7.15. The minimum atomic E-state index is 0.537. The van der Waals surface area contributed by atoms with Crippen LogP contribution in [0.2, 0.25) is 0 Å². The van der Waals surface area contributed by atoms with Crippen LogP contribution in [0.5, 0.6) is 5.75 Å². The predicted octanol–water partition coefficient (Wildman–Crippen LogP) is 2.96. The van der Waals surface area contributed by atoms with E-state index >= 15 is 0 Å². The minimum absolute atomic E-state index is 0.537. The number of nitrogens with two attached hydrogens (primary N) is 1. The molecule has 0 unspecified atom stereocenters. The van der Waals surface area contributed by atoms with Gasteiger partial charge < -0.3 is 10.5 Å². The van der Waals surface area contributed by atoms with Gasteiger partial charge in [0, 0.05) is 10.9 Å². The summed E-state index contributed by atoms with van der Waals surface area (Å²) in [6, 6.07) is 6.12. The highest BCUT2D eigenvalue weighted by Gasteiger charge is 2.12. The maximum Gasteiger partial charge on any atom is 0.196 e. The number of aryl methyl sites for hydroxylation is 1. The first-order valence-electron chi connectivity index (χ1n) is 5.56. The van der Waals surface area contributed by atoms with E-state index in [1.807, 2.05) is 22.7 Å². The number of fused-ring (bicyclic) bond motifs is 1. The van der Waals surface area contributed by atoms with Crippen molar-refractivity contribution in [2.75, 3.05) is 12.8 Å². The molecule has 1 aromatic carbocycles. The highest BCUT2D eigenvalue weighted by atomic mass is 32.1. The number of hydrogen-bond acceptors (Lipinski definition) is 4. The van der Waals surface area contributed by atoms with Gasteiger partial charge in [-0.1, -0.05) is 11.6 Å². The van der Waals surface area contributed by atoms with Gasteiger partial charge in [0.1, 0.15) is 11.6 Å².